The highest BCUT2D eigenvalue weighted by Crippen LogP contribution is 2.29. The molecule has 9 heteroatoms. The predicted molar refractivity (Wildman–Crippen MR) is 98.6 cm³/mol. The lowest BCUT2D eigenvalue weighted by molar-refractivity contribution is -0.139. The number of carbonyl (C=O) groups is 3. The number of aryl methyl sites for hydroxylation is 1. The fourth-order valence-electron chi connectivity index (χ4n) is 3.45. The molecule has 27 heavy (non-hydrogen) atoms. The fourth-order valence-corrected chi connectivity index (χ4v) is 5.23. The van der Waals surface area contributed by atoms with Crippen molar-refractivity contribution in [3.8, 4) is 0 Å². The monoisotopic (exact) mass is 393 g/mol. The fraction of sp³-hybridized carbons (Fsp3) is 0.500. The number of urea groups is 1. The number of nitrogens with zero attached hydrogens (tertiary/aromatic N) is 2. The van der Waals surface area contributed by atoms with Gasteiger partial charge in [0.1, 0.15) is 12.1 Å². The average Bonchev–Trinajstić information content (AvgIpc) is 3.07. The van der Waals surface area contributed by atoms with E-state index in [1.165, 1.54) is 11.9 Å². The molecule has 1 N–H and O–H groups in total. The van der Waals surface area contributed by atoms with Crippen LogP contribution in [0.1, 0.15) is 24.5 Å². The summed E-state index contributed by atoms with van der Waals surface area (Å²) in [7, 11) is -1.63. The Labute approximate surface area is 158 Å². The molecule has 0 spiro atoms. The molecular weight excluding hydrogens is 370 g/mol. The van der Waals surface area contributed by atoms with Crippen molar-refractivity contribution >= 4 is 27.7 Å². The van der Waals surface area contributed by atoms with E-state index in [-0.39, 0.29) is 11.5 Å². The summed E-state index contributed by atoms with van der Waals surface area (Å²) in [5.74, 6) is -1.01. The van der Waals surface area contributed by atoms with E-state index in [0.29, 0.717) is 12.0 Å². The minimum atomic E-state index is -3.13. The summed E-state index contributed by atoms with van der Waals surface area (Å²) in [5.41, 5.74) is 0.427. The van der Waals surface area contributed by atoms with Gasteiger partial charge in [-0.15, -0.1) is 0 Å². The molecule has 2 aliphatic rings. The highest BCUT2D eigenvalue weighted by Gasteiger charge is 2.49. The van der Waals surface area contributed by atoms with Gasteiger partial charge in [-0.05, 0) is 25.8 Å². The highest BCUT2D eigenvalue weighted by atomic mass is 32.2. The Hall–Kier alpha value is -2.42. The summed E-state index contributed by atoms with van der Waals surface area (Å²) in [5, 5.41) is 2.66. The smallest absolute Gasteiger partial charge is 0.325 e. The van der Waals surface area contributed by atoms with Gasteiger partial charge in [-0.25, -0.2) is 13.2 Å². The van der Waals surface area contributed by atoms with Crippen molar-refractivity contribution in [3.63, 3.8) is 0 Å². The van der Waals surface area contributed by atoms with Gasteiger partial charge in [0.15, 0.2) is 9.84 Å². The van der Waals surface area contributed by atoms with E-state index >= 15 is 0 Å². The van der Waals surface area contributed by atoms with Gasteiger partial charge in [-0.2, -0.15) is 0 Å². The largest absolute Gasteiger partial charge is 0.340 e. The predicted octanol–water partition coefficient (Wildman–Crippen LogP) is 0.408. The Kier molecular flexibility index (Phi) is 4.75. The summed E-state index contributed by atoms with van der Waals surface area (Å²) in [6.07, 6.45) is 0.367. The number of carbonyl (C=O) groups excluding carboxylic acids is 3. The zero-order chi connectivity index (χ0) is 20.0. The molecule has 0 aromatic heterocycles. The van der Waals surface area contributed by atoms with Gasteiger partial charge in [0.25, 0.3) is 5.91 Å². The van der Waals surface area contributed by atoms with Gasteiger partial charge in [-0.1, -0.05) is 29.8 Å². The molecule has 3 rings (SSSR count). The third-order valence-electron chi connectivity index (χ3n) is 5.35. The van der Waals surface area contributed by atoms with Gasteiger partial charge >= 0.3 is 6.03 Å². The molecule has 0 radical (unpaired) electrons. The van der Waals surface area contributed by atoms with Crippen molar-refractivity contribution in [3.05, 3.63) is 35.4 Å². The zero-order valence-electron chi connectivity index (χ0n) is 15.6. The first kappa shape index (κ1) is 19.3. The zero-order valence-corrected chi connectivity index (χ0v) is 16.4. The minimum Gasteiger partial charge on any atom is -0.340 e. The molecule has 1 aromatic carbocycles. The van der Waals surface area contributed by atoms with E-state index in [1.54, 1.807) is 19.1 Å². The molecular formula is C18H23N3O5S. The minimum absolute atomic E-state index is 0.0455. The van der Waals surface area contributed by atoms with Crippen LogP contribution in [0, 0.1) is 6.92 Å². The second-order valence-electron chi connectivity index (χ2n) is 7.37. The van der Waals surface area contributed by atoms with Crippen molar-refractivity contribution in [2.75, 3.05) is 25.1 Å². The maximum atomic E-state index is 12.9. The standard InChI is InChI=1S/C18H23N3O5S/c1-12-4-6-13(7-5-12)18(2)16(23)21(17(24)19-18)10-15(22)20(3)14-8-9-27(25,26)11-14/h4-7,14H,8-11H2,1-3H3,(H,19,24)/t14-,18-/m0/s1. The topological polar surface area (TPSA) is 104 Å². The summed E-state index contributed by atoms with van der Waals surface area (Å²) in [6.45, 7) is 3.11. The third kappa shape index (κ3) is 3.55. The lowest BCUT2D eigenvalue weighted by atomic mass is 9.91. The number of sulfone groups is 1. The summed E-state index contributed by atoms with van der Waals surface area (Å²) < 4.78 is 23.2. The molecule has 2 saturated heterocycles. The molecule has 0 aliphatic carbocycles. The molecule has 4 amide bonds. The van der Waals surface area contributed by atoms with Gasteiger partial charge in [0, 0.05) is 13.1 Å². The Balaban J connectivity index is 1.74. The molecule has 146 valence electrons. The quantitative estimate of drug-likeness (QED) is 0.746. The van der Waals surface area contributed by atoms with Crippen LogP contribution >= 0.6 is 0 Å². The molecule has 2 aliphatic heterocycles. The van der Waals surface area contributed by atoms with Crippen LogP contribution in [0.4, 0.5) is 4.79 Å². The van der Waals surface area contributed by atoms with Crippen LogP contribution in [0.5, 0.6) is 0 Å². The number of amides is 4. The van der Waals surface area contributed by atoms with E-state index in [2.05, 4.69) is 5.32 Å². The van der Waals surface area contributed by atoms with Crippen LogP contribution in [0.15, 0.2) is 24.3 Å². The number of hydrogen-bond donors (Lipinski definition) is 1. The third-order valence-corrected chi connectivity index (χ3v) is 7.10. The highest BCUT2D eigenvalue weighted by molar-refractivity contribution is 7.91. The molecule has 0 bridgehead atoms. The van der Waals surface area contributed by atoms with Crippen LogP contribution < -0.4 is 5.32 Å². The van der Waals surface area contributed by atoms with E-state index in [4.69, 9.17) is 0 Å². The number of nitrogens with one attached hydrogen (secondary N) is 1. The van der Waals surface area contributed by atoms with Crippen molar-refractivity contribution < 1.29 is 22.8 Å². The number of hydrogen-bond acceptors (Lipinski definition) is 5. The number of imide groups is 1. The van der Waals surface area contributed by atoms with Gasteiger partial charge < -0.3 is 10.2 Å². The molecule has 1 aromatic rings. The average molecular weight is 393 g/mol. The number of likely N-dealkylation sites (N-methyl/N-ethyl adjacent to an activating group) is 1. The lowest BCUT2D eigenvalue weighted by Gasteiger charge is -2.26. The second-order valence-corrected chi connectivity index (χ2v) is 9.60. The summed E-state index contributed by atoms with van der Waals surface area (Å²) >= 11 is 0. The number of benzene rings is 1. The van der Waals surface area contributed by atoms with Crippen LogP contribution in [0.3, 0.4) is 0 Å². The molecule has 2 fully saturated rings. The van der Waals surface area contributed by atoms with Crippen molar-refractivity contribution in [2.45, 2.75) is 31.8 Å². The molecule has 2 heterocycles. The van der Waals surface area contributed by atoms with E-state index in [1.807, 2.05) is 19.1 Å². The van der Waals surface area contributed by atoms with E-state index in [9.17, 15) is 22.8 Å². The lowest BCUT2D eigenvalue weighted by Crippen LogP contribution is -2.46. The van der Waals surface area contributed by atoms with Crippen molar-refractivity contribution in [2.24, 2.45) is 0 Å². The maximum Gasteiger partial charge on any atom is 0.325 e. The molecule has 0 saturated carbocycles. The van der Waals surface area contributed by atoms with Crippen LogP contribution in [0.25, 0.3) is 0 Å². The van der Waals surface area contributed by atoms with Gasteiger partial charge in [0.2, 0.25) is 5.91 Å². The van der Waals surface area contributed by atoms with Crippen molar-refractivity contribution in [1.82, 2.24) is 15.1 Å². The van der Waals surface area contributed by atoms with Crippen LogP contribution in [-0.4, -0.2) is 67.2 Å². The Morgan fingerprint density at radius 2 is 1.93 bits per heavy atom. The maximum absolute atomic E-state index is 12.9. The van der Waals surface area contributed by atoms with Gasteiger partial charge in [-0.3, -0.25) is 14.5 Å². The molecule has 0 unspecified atom stereocenters. The second kappa shape index (κ2) is 6.63. The van der Waals surface area contributed by atoms with E-state index in [0.717, 1.165) is 10.5 Å². The Morgan fingerprint density at radius 3 is 2.48 bits per heavy atom. The summed E-state index contributed by atoms with van der Waals surface area (Å²) in [4.78, 5) is 40.0. The van der Waals surface area contributed by atoms with Crippen molar-refractivity contribution in [1.29, 1.82) is 0 Å². The first-order valence-corrected chi connectivity index (χ1v) is 10.5. The first-order chi connectivity index (χ1) is 12.5. The molecule has 2 atom stereocenters. The normalized spacial score (nSPS) is 26.9. The van der Waals surface area contributed by atoms with E-state index < -0.39 is 45.8 Å². The summed E-state index contributed by atoms with van der Waals surface area (Å²) in [6, 6.07) is 6.18. The Morgan fingerprint density at radius 1 is 1.30 bits per heavy atom. The van der Waals surface area contributed by atoms with Gasteiger partial charge in [0.05, 0.1) is 11.5 Å². The van der Waals surface area contributed by atoms with Crippen LogP contribution in [0.2, 0.25) is 0 Å². The SMILES string of the molecule is Cc1ccc([C@]2(C)NC(=O)N(CC(=O)N(C)[C@H]3CCS(=O)(=O)C3)C2=O)cc1. The van der Waals surface area contributed by atoms with Crippen LogP contribution in [-0.2, 0) is 25.0 Å². The first-order valence-electron chi connectivity index (χ1n) is 8.71. The number of rotatable bonds is 4. The Bertz CT molecular complexity index is 896. The molecule has 8 nitrogen and oxygen atoms in total.